The van der Waals surface area contributed by atoms with Crippen molar-refractivity contribution in [3.63, 3.8) is 0 Å². The predicted octanol–water partition coefficient (Wildman–Crippen LogP) is 0.888. The summed E-state index contributed by atoms with van der Waals surface area (Å²) < 4.78 is 0. The van der Waals surface area contributed by atoms with E-state index in [1.807, 2.05) is 37.9 Å². The van der Waals surface area contributed by atoms with Crippen molar-refractivity contribution >= 4 is 11.8 Å². The third-order valence-corrected chi connectivity index (χ3v) is 3.94. The highest BCUT2D eigenvalue weighted by Gasteiger charge is 2.24. The van der Waals surface area contributed by atoms with Crippen LogP contribution in [0.4, 0.5) is 0 Å². The average molecular weight is 318 g/mol. The summed E-state index contributed by atoms with van der Waals surface area (Å²) in [5.41, 5.74) is 0.715. The summed E-state index contributed by atoms with van der Waals surface area (Å²) in [4.78, 5) is 32.2. The number of aromatic nitrogens is 1. The lowest BCUT2D eigenvalue weighted by molar-refractivity contribution is -0.136. The Morgan fingerprint density at radius 2 is 1.91 bits per heavy atom. The number of rotatable bonds is 4. The average Bonchev–Trinajstić information content (AvgIpc) is 2.53. The Morgan fingerprint density at radius 3 is 2.48 bits per heavy atom. The molecule has 0 atom stereocenters. The minimum absolute atomic E-state index is 0.0105. The van der Waals surface area contributed by atoms with Crippen LogP contribution in [-0.2, 0) is 16.1 Å². The molecule has 23 heavy (non-hydrogen) atoms. The fourth-order valence-electron chi connectivity index (χ4n) is 2.44. The minimum atomic E-state index is -0.470. The van der Waals surface area contributed by atoms with E-state index in [-0.39, 0.29) is 18.4 Å². The molecule has 0 aromatic carbocycles. The molecule has 1 saturated heterocycles. The van der Waals surface area contributed by atoms with Crippen LogP contribution < -0.4 is 5.32 Å². The van der Waals surface area contributed by atoms with Crippen molar-refractivity contribution in [3.8, 4) is 0 Å². The number of amides is 2. The summed E-state index contributed by atoms with van der Waals surface area (Å²) in [5.74, 6) is -0.107. The third-order valence-electron chi connectivity index (χ3n) is 3.94. The van der Waals surface area contributed by atoms with Gasteiger partial charge in [-0.25, -0.2) is 0 Å². The second-order valence-electron chi connectivity index (χ2n) is 6.95. The Morgan fingerprint density at radius 1 is 1.22 bits per heavy atom. The Hall–Kier alpha value is -1.95. The molecule has 1 aliphatic heterocycles. The Labute approximate surface area is 137 Å². The number of piperazine rings is 1. The molecule has 1 aromatic rings. The molecule has 0 spiro atoms. The summed E-state index contributed by atoms with van der Waals surface area (Å²) in [5, 5.41) is 2.72. The van der Waals surface area contributed by atoms with Crippen molar-refractivity contribution in [1.82, 2.24) is 20.1 Å². The second kappa shape index (κ2) is 7.55. The largest absolute Gasteiger partial charge is 0.347 e. The smallest absolute Gasteiger partial charge is 0.242 e. The molecule has 1 N–H and O–H groups in total. The Bertz CT molecular complexity index is 531. The van der Waals surface area contributed by atoms with Crippen molar-refractivity contribution < 1.29 is 9.59 Å². The van der Waals surface area contributed by atoms with Crippen molar-refractivity contribution in [2.45, 2.75) is 27.3 Å². The van der Waals surface area contributed by atoms with Crippen LogP contribution in [0.25, 0.3) is 0 Å². The van der Waals surface area contributed by atoms with Gasteiger partial charge in [-0.2, -0.15) is 0 Å². The normalized spacial score (nSPS) is 16.2. The lowest BCUT2D eigenvalue weighted by Gasteiger charge is -2.35. The number of nitrogens with zero attached hydrogens (tertiary/aromatic N) is 3. The summed E-state index contributed by atoms with van der Waals surface area (Å²) in [6, 6.07) is 4.00. The molecule has 0 radical (unpaired) electrons. The van der Waals surface area contributed by atoms with Gasteiger partial charge in [-0.3, -0.25) is 19.5 Å². The fourth-order valence-corrected chi connectivity index (χ4v) is 2.44. The first-order valence-electron chi connectivity index (χ1n) is 8.03. The predicted molar refractivity (Wildman–Crippen MR) is 88.6 cm³/mol. The molecule has 1 aliphatic rings. The number of nitrogens with one attached hydrogen (secondary N) is 1. The van der Waals surface area contributed by atoms with Gasteiger partial charge in [0.1, 0.15) is 0 Å². The SMILES string of the molecule is CC(C)(C)C(=O)NCC(=O)N1CCN(Cc2cccnc2)CC1. The van der Waals surface area contributed by atoms with E-state index in [9.17, 15) is 9.59 Å². The molecule has 0 unspecified atom stereocenters. The molecule has 2 rings (SSSR count). The lowest BCUT2D eigenvalue weighted by atomic mass is 9.96. The second-order valence-corrected chi connectivity index (χ2v) is 6.95. The van der Waals surface area contributed by atoms with Crippen LogP contribution in [0.1, 0.15) is 26.3 Å². The van der Waals surface area contributed by atoms with E-state index < -0.39 is 5.41 Å². The van der Waals surface area contributed by atoms with Gasteiger partial charge in [-0.15, -0.1) is 0 Å². The number of carbonyl (C=O) groups excluding carboxylic acids is 2. The highest BCUT2D eigenvalue weighted by Crippen LogP contribution is 2.12. The van der Waals surface area contributed by atoms with E-state index >= 15 is 0 Å². The summed E-state index contributed by atoms with van der Waals surface area (Å²) in [7, 11) is 0. The van der Waals surface area contributed by atoms with Crippen molar-refractivity contribution in [2.75, 3.05) is 32.7 Å². The van der Waals surface area contributed by atoms with Crippen LogP contribution in [0.15, 0.2) is 24.5 Å². The van der Waals surface area contributed by atoms with Crippen molar-refractivity contribution in [1.29, 1.82) is 0 Å². The van der Waals surface area contributed by atoms with E-state index in [1.54, 1.807) is 6.20 Å². The van der Waals surface area contributed by atoms with Crippen LogP contribution >= 0.6 is 0 Å². The monoisotopic (exact) mass is 318 g/mol. The molecule has 126 valence electrons. The molecule has 1 fully saturated rings. The summed E-state index contributed by atoms with van der Waals surface area (Å²) in [6.45, 7) is 9.53. The van der Waals surface area contributed by atoms with Gasteiger partial charge >= 0.3 is 0 Å². The van der Waals surface area contributed by atoms with Crippen LogP contribution in [-0.4, -0.2) is 59.3 Å². The lowest BCUT2D eigenvalue weighted by Crippen LogP contribution is -2.51. The first kappa shape index (κ1) is 17.4. The molecule has 2 heterocycles. The van der Waals surface area contributed by atoms with Gasteiger partial charge in [-0.1, -0.05) is 26.8 Å². The van der Waals surface area contributed by atoms with Crippen LogP contribution in [0.2, 0.25) is 0 Å². The quantitative estimate of drug-likeness (QED) is 0.895. The maximum Gasteiger partial charge on any atom is 0.242 e. The number of pyridine rings is 1. The highest BCUT2D eigenvalue weighted by atomic mass is 16.2. The number of hydrogen-bond donors (Lipinski definition) is 1. The van der Waals surface area contributed by atoms with Gasteiger partial charge in [-0.05, 0) is 11.6 Å². The molecule has 6 heteroatoms. The molecular weight excluding hydrogens is 292 g/mol. The fraction of sp³-hybridized carbons (Fsp3) is 0.588. The molecule has 0 bridgehead atoms. The van der Waals surface area contributed by atoms with Gasteiger partial charge in [0.05, 0.1) is 6.54 Å². The topological polar surface area (TPSA) is 65.5 Å². The maximum absolute atomic E-state index is 12.2. The standard InChI is InChI=1S/C17H26N4O2/c1-17(2,3)16(23)19-12-15(22)21-9-7-20(8-10-21)13-14-5-4-6-18-11-14/h4-6,11H,7-10,12-13H2,1-3H3,(H,19,23). The summed E-state index contributed by atoms with van der Waals surface area (Å²) >= 11 is 0. The minimum Gasteiger partial charge on any atom is -0.347 e. The van der Waals surface area contributed by atoms with Gasteiger partial charge in [0.25, 0.3) is 0 Å². The van der Waals surface area contributed by atoms with Gasteiger partial charge in [0.15, 0.2) is 0 Å². The Kier molecular flexibility index (Phi) is 5.71. The molecule has 0 saturated carbocycles. The zero-order valence-electron chi connectivity index (χ0n) is 14.2. The first-order valence-corrected chi connectivity index (χ1v) is 8.03. The maximum atomic E-state index is 12.2. The molecule has 1 aromatic heterocycles. The van der Waals surface area contributed by atoms with Gasteiger partial charge < -0.3 is 10.2 Å². The molecular formula is C17H26N4O2. The molecule has 0 aliphatic carbocycles. The Balaban J connectivity index is 1.73. The van der Waals surface area contributed by atoms with E-state index in [0.717, 1.165) is 19.6 Å². The molecule has 2 amide bonds. The number of carbonyl (C=O) groups is 2. The number of hydrogen-bond acceptors (Lipinski definition) is 4. The summed E-state index contributed by atoms with van der Waals surface area (Å²) in [6.07, 6.45) is 3.64. The van der Waals surface area contributed by atoms with E-state index in [2.05, 4.69) is 21.3 Å². The van der Waals surface area contributed by atoms with E-state index in [4.69, 9.17) is 0 Å². The first-order chi connectivity index (χ1) is 10.9. The van der Waals surface area contributed by atoms with Crippen molar-refractivity contribution in [2.24, 2.45) is 5.41 Å². The van der Waals surface area contributed by atoms with Crippen LogP contribution in [0.3, 0.4) is 0 Å². The van der Waals surface area contributed by atoms with Crippen LogP contribution in [0.5, 0.6) is 0 Å². The van der Waals surface area contributed by atoms with Crippen LogP contribution in [0, 0.1) is 5.41 Å². The zero-order chi connectivity index (χ0) is 16.9. The van der Waals surface area contributed by atoms with E-state index in [1.165, 1.54) is 5.56 Å². The molecule has 6 nitrogen and oxygen atoms in total. The van der Waals surface area contributed by atoms with Gasteiger partial charge in [0, 0.05) is 50.5 Å². The van der Waals surface area contributed by atoms with E-state index in [0.29, 0.717) is 13.1 Å². The van der Waals surface area contributed by atoms with Gasteiger partial charge in [0.2, 0.25) is 11.8 Å². The third kappa shape index (κ3) is 5.32. The highest BCUT2D eigenvalue weighted by molar-refractivity contribution is 5.87. The van der Waals surface area contributed by atoms with Crippen molar-refractivity contribution in [3.05, 3.63) is 30.1 Å². The zero-order valence-corrected chi connectivity index (χ0v) is 14.2.